The van der Waals surface area contributed by atoms with Gasteiger partial charge in [-0.05, 0) is 49.2 Å². The standard InChI is InChI=1S/C17H16BrClN2O4S/c18-11-6-10(15(23)12(19)8-11)7-13-16(24)21(17(25)26-13)9-14(22)20-4-2-1-3-5-20/h6-8,23H,1-5,9H2/b13-7-. The maximum absolute atomic E-state index is 12.5. The smallest absolute Gasteiger partial charge is 0.294 e. The molecule has 0 spiro atoms. The molecule has 3 amide bonds. The number of halogens is 2. The largest absolute Gasteiger partial charge is 0.506 e. The van der Waals surface area contributed by atoms with Gasteiger partial charge in [-0.25, -0.2) is 0 Å². The number of rotatable bonds is 3. The van der Waals surface area contributed by atoms with Crippen LogP contribution in [0.3, 0.4) is 0 Å². The number of phenolic OH excluding ortho intramolecular Hbond substituents is 1. The maximum Gasteiger partial charge on any atom is 0.294 e. The first kappa shape index (κ1) is 19.3. The van der Waals surface area contributed by atoms with E-state index in [9.17, 15) is 19.5 Å². The predicted octanol–water partition coefficient (Wildman–Crippen LogP) is 3.86. The Kier molecular flexibility index (Phi) is 5.94. The van der Waals surface area contributed by atoms with Crippen LogP contribution < -0.4 is 0 Å². The third kappa shape index (κ3) is 4.07. The summed E-state index contributed by atoms with van der Waals surface area (Å²) in [6.45, 7) is 1.07. The Morgan fingerprint density at radius 1 is 1.27 bits per heavy atom. The third-order valence-electron chi connectivity index (χ3n) is 4.22. The molecular weight excluding hydrogens is 444 g/mol. The van der Waals surface area contributed by atoms with E-state index < -0.39 is 11.1 Å². The second-order valence-electron chi connectivity index (χ2n) is 6.03. The highest BCUT2D eigenvalue weighted by Gasteiger charge is 2.37. The van der Waals surface area contributed by atoms with Gasteiger partial charge in [0.2, 0.25) is 5.91 Å². The van der Waals surface area contributed by atoms with Gasteiger partial charge in [0.05, 0.1) is 9.93 Å². The van der Waals surface area contributed by atoms with Crippen LogP contribution in [-0.4, -0.2) is 51.6 Å². The van der Waals surface area contributed by atoms with Gasteiger partial charge in [-0.15, -0.1) is 0 Å². The summed E-state index contributed by atoms with van der Waals surface area (Å²) in [4.78, 5) is 39.8. The lowest BCUT2D eigenvalue weighted by Crippen LogP contribution is -2.44. The Balaban J connectivity index is 1.77. The van der Waals surface area contributed by atoms with Crippen molar-refractivity contribution in [2.24, 2.45) is 0 Å². The summed E-state index contributed by atoms with van der Waals surface area (Å²) >= 11 is 9.94. The predicted molar refractivity (Wildman–Crippen MR) is 104 cm³/mol. The van der Waals surface area contributed by atoms with Gasteiger partial charge in [-0.1, -0.05) is 27.5 Å². The molecule has 0 saturated carbocycles. The molecule has 6 nitrogen and oxygen atoms in total. The summed E-state index contributed by atoms with van der Waals surface area (Å²) in [6, 6.07) is 3.12. The third-order valence-corrected chi connectivity index (χ3v) is 5.87. The van der Waals surface area contributed by atoms with Crippen molar-refractivity contribution >= 4 is 62.4 Å². The molecule has 2 saturated heterocycles. The molecular formula is C17H16BrClN2O4S. The second-order valence-corrected chi connectivity index (χ2v) is 8.35. The lowest BCUT2D eigenvalue weighted by Gasteiger charge is -2.27. The van der Waals surface area contributed by atoms with Crippen molar-refractivity contribution in [1.29, 1.82) is 0 Å². The first-order valence-corrected chi connectivity index (χ1v) is 10.1. The number of nitrogens with zero attached hydrogens (tertiary/aromatic N) is 2. The Bertz CT molecular complexity index is 808. The Hall–Kier alpha value is -1.51. The highest BCUT2D eigenvalue weighted by molar-refractivity contribution is 9.10. The fraction of sp³-hybridized carbons (Fsp3) is 0.353. The molecule has 0 atom stereocenters. The zero-order valence-corrected chi connectivity index (χ0v) is 16.9. The van der Waals surface area contributed by atoms with E-state index in [-0.39, 0.29) is 28.1 Å². The van der Waals surface area contributed by atoms with E-state index >= 15 is 0 Å². The molecule has 138 valence electrons. The molecule has 0 aromatic heterocycles. The molecule has 2 heterocycles. The van der Waals surface area contributed by atoms with Crippen LogP contribution >= 0.6 is 39.3 Å². The van der Waals surface area contributed by atoms with E-state index in [4.69, 9.17) is 11.6 Å². The minimum absolute atomic E-state index is 0.130. The maximum atomic E-state index is 12.5. The van der Waals surface area contributed by atoms with Gasteiger partial charge in [0.1, 0.15) is 12.3 Å². The minimum Gasteiger partial charge on any atom is -0.506 e. The quantitative estimate of drug-likeness (QED) is 0.695. The van der Waals surface area contributed by atoms with Gasteiger partial charge < -0.3 is 10.0 Å². The van der Waals surface area contributed by atoms with Crippen LogP contribution in [0.25, 0.3) is 6.08 Å². The number of phenols is 1. The summed E-state index contributed by atoms with van der Waals surface area (Å²) in [5.41, 5.74) is 0.317. The van der Waals surface area contributed by atoms with Crippen LogP contribution in [0.4, 0.5) is 4.79 Å². The van der Waals surface area contributed by atoms with Crippen LogP contribution in [0.2, 0.25) is 5.02 Å². The van der Waals surface area contributed by atoms with Crippen molar-refractivity contribution in [2.75, 3.05) is 19.6 Å². The van der Waals surface area contributed by atoms with Crippen molar-refractivity contribution < 1.29 is 19.5 Å². The first-order valence-electron chi connectivity index (χ1n) is 8.08. The molecule has 2 fully saturated rings. The molecule has 2 aliphatic heterocycles. The molecule has 1 aromatic carbocycles. The Morgan fingerprint density at radius 2 is 1.96 bits per heavy atom. The number of piperidine rings is 1. The lowest BCUT2D eigenvalue weighted by atomic mass is 10.1. The number of carbonyl (C=O) groups is 3. The van der Waals surface area contributed by atoms with Crippen LogP contribution in [-0.2, 0) is 9.59 Å². The molecule has 26 heavy (non-hydrogen) atoms. The summed E-state index contributed by atoms with van der Waals surface area (Å²) in [7, 11) is 0. The molecule has 9 heteroatoms. The number of aromatic hydroxyl groups is 1. The number of amides is 3. The summed E-state index contributed by atoms with van der Waals surface area (Å²) < 4.78 is 0.631. The van der Waals surface area contributed by atoms with E-state index in [1.54, 1.807) is 11.0 Å². The summed E-state index contributed by atoms with van der Waals surface area (Å²) in [6.07, 6.45) is 4.38. The van der Waals surface area contributed by atoms with Crippen LogP contribution in [0.1, 0.15) is 24.8 Å². The van der Waals surface area contributed by atoms with Crippen LogP contribution in [0, 0.1) is 0 Å². The highest BCUT2D eigenvalue weighted by atomic mass is 79.9. The zero-order valence-electron chi connectivity index (χ0n) is 13.7. The number of carbonyl (C=O) groups excluding carboxylic acids is 3. The van der Waals surface area contributed by atoms with Crippen molar-refractivity contribution in [2.45, 2.75) is 19.3 Å². The number of hydrogen-bond acceptors (Lipinski definition) is 5. The van der Waals surface area contributed by atoms with E-state index in [1.807, 2.05) is 0 Å². The van der Waals surface area contributed by atoms with Crippen LogP contribution in [0.5, 0.6) is 5.75 Å². The number of imide groups is 1. The van der Waals surface area contributed by atoms with Crippen LogP contribution in [0.15, 0.2) is 21.5 Å². The molecule has 0 aliphatic carbocycles. The lowest BCUT2D eigenvalue weighted by molar-refractivity contribution is -0.136. The highest BCUT2D eigenvalue weighted by Crippen LogP contribution is 2.37. The van der Waals surface area contributed by atoms with Gasteiger partial charge in [-0.2, -0.15) is 0 Å². The second kappa shape index (κ2) is 8.02. The zero-order chi connectivity index (χ0) is 18.8. The summed E-state index contributed by atoms with van der Waals surface area (Å²) in [5.74, 6) is -0.937. The SMILES string of the molecule is O=C(CN1C(=O)S/C(=C\c2cc(Br)cc(Cl)c2O)C1=O)N1CCCCC1. The number of benzene rings is 1. The van der Waals surface area contributed by atoms with Crippen molar-refractivity contribution in [3.8, 4) is 5.75 Å². The molecule has 2 aliphatic rings. The van der Waals surface area contributed by atoms with E-state index in [2.05, 4.69) is 15.9 Å². The molecule has 1 aromatic rings. The average molecular weight is 460 g/mol. The molecule has 1 N–H and O–H groups in total. The average Bonchev–Trinajstić information content (AvgIpc) is 2.87. The van der Waals surface area contributed by atoms with Gasteiger partial charge in [-0.3, -0.25) is 19.3 Å². The summed E-state index contributed by atoms with van der Waals surface area (Å²) in [5, 5.41) is 9.68. The van der Waals surface area contributed by atoms with Gasteiger partial charge in [0.25, 0.3) is 11.1 Å². The molecule has 0 radical (unpaired) electrons. The Morgan fingerprint density at radius 3 is 2.65 bits per heavy atom. The van der Waals surface area contributed by atoms with Gasteiger partial charge in [0.15, 0.2) is 0 Å². The number of hydrogen-bond donors (Lipinski definition) is 1. The molecule has 0 unspecified atom stereocenters. The monoisotopic (exact) mass is 458 g/mol. The van der Waals surface area contributed by atoms with Gasteiger partial charge in [0, 0.05) is 23.1 Å². The molecule has 0 bridgehead atoms. The fourth-order valence-corrected chi connectivity index (χ4v) is 4.52. The minimum atomic E-state index is -0.541. The van der Waals surface area contributed by atoms with Crippen molar-refractivity contribution in [3.63, 3.8) is 0 Å². The van der Waals surface area contributed by atoms with E-state index in [1.165, 1.54) is 12.1 Å². The molecule has 3 rings (SSSR count). The number of thioether (sulfide) groups is 1. The normalized spacial score (nSPS) is 19.5. The number of likely N-dealkylation sites (tertiary alicyclic amines) is 1. The van der Waals surface area contributed by atoms with E-state index in [0.29, 0.717) is 23.1 Å². The first-order chi connectivity index (χ1) is 12.4. The van der Waals surface area contributed by atoms with Gasteiger partial charge >= 0.3 is 0 Å². The van der Waals surface area contributed by atoms with Crippen molar-refractivity contribution in [3.05, 3.63) is 32.1 Å². The van der Waals surface area contributed by atoms with E-state index in [0.717, 1.165) is 35.9 Å². The van der Waals surface area contributed by atoms with Crippen molar-refractivity contribution in [1.82, 2.24) is 9.80 Å². The topological polar surface area (TPSA) is 77.9 Å². The fourth-order valence-electron chi connectivity index (χ4n) is 2.85. The Labute approximate surface area is 168 Å².